The molecule has 0 saturated heterocycles. The van der Waals surface area contributed by atoms with Crippen molar-refractivity contribution in [3.05, 3.63) is 48.1 Å². The third kappa shape index (κ3) is 6.07. The lowest BCUT2D eigenvalue weighted by Crippen LogP contribution is -2.72. The van der Waals surface area contributed by atoms with Gasteiger partial charge in [0.2, 0.25) is 0 Å². The summed E-state index contributed by atoms with van der Waals surface area (Å²) in [6.07, 6.45) is 12.4. The summed E-state index contributed by atoms with van der Waals surface area (Å²) in [5.41, 5.74) is -2.24. The van der Waals surface area contributed by atoms with Crippen LogP contribution in [-0.2, 0) is 28.6 Å². The van der Waals surface area contributed by atoms with Gasteiger partial charge in [-0.1, -0.05) is 71.4 Å². The van der Waals surface area contributed by atoms with Gasteiger partial charge >= 0.3 is 17.9 Å². The van der Waals surface area contributed by atoms with Crippen molar-refractivity contribution in [2.75, 3.05) is 13.2 Å². The molecule has 0 radical (unpaired) electrons. The van der Waals surface area contributed by atoms with Crippen LogP contribution in [0.4, 0.5) is 0 Å². The maximum absolute atomic E-state index is 12.8. The Kier molecular flexibility index (Phi) is 10.8. The van der Waals surface area contributed by atoms with Crippen molar-refractivity contribution in [1.82, 2.24) is 0 Å². The molecule has 0 aromatic heterocycles. The van der Waals surface area contributed by atoms with Crippen LogP contribution in [0, 0.1) is 50.2 Å². The maximum Gasteiger partial charge on any atom is 0.330 e. The predicted octanol–water partition coefficient (Wildman–Crippen LogP) is 6.41. The molecule has 3 unspecified atom stereocenters. The first-order chi connectivity index (χ1) is 23.8. The molecule has 0 aromatic rings. The van der Waals surface area contributed by atoms with Gasteiger partial charge in [0.25, 0.3) is 0 Å². The molecule has 5 rings (SSSR count). The lowest BCUT2D eigenvalue weighted by atomic mass is 9.33. The van der Waals surface area contributed by atoms with E-state index in [0.717, 1.165) is 25.7 Å². The van der Waals surface area contributed by atoms with Crippen molar-refractivity contribution in [3.63, 3.8) is 0 Å². The minimum absolute atomic E-state index is 0.0846. The molecular weight excluding hydrogens is 648 g/mol. The summed E-state index contributed by atoms with van der Waals surface area (Å²) in [4.78, 5) is 38.0. The van der Waals surface area contributed by atoms with Gasteiger partial charge < -0.3 is 29.5 Å². The van der Waals surface area contributed by atoms with Crippen LogP contribution in [0.3, 0.4) is 0 Å². The van der Waals surface area contributed by atoms with Crippen LogP contribution in [0.15, 0.2) is 48.1 Å². The number of carbonyl (C=O) groups is 3. The highest BCUT2D eigenvalue weighted by molar-refractivity contribution is 5.82. The average Bonchev–Trinajstić information content (AvgIpc) is 3.05. The first-order valence-electron chi connectivity index (χ1n) is 19.0. The molecule has 0 bridgehead atoms. The molecule has 12 atom stereocenters. The number of aliphatic hydroxyl groups is 3. The van der Waals surface area contributed by atoms with E-state index in [9.17, 15) is 29.7 Å². The van der Waals surface area contributed by atoms with Crippen molar-refractivity contribution >= 4 is 17.9 Å². The number of hydrogen-bond donors (Lipinski definition) is 3. The zero-order valence-corrected chi connectivity index (χ0v) is 32.2. The number of allylic oxidation sites excluding steroid dienone is 5. The topological polar surface area (TPSA) is 140 Å². The number of fused-ring (bicyclic) bond motifs is 7. The summed E-state index contributed by atoms with van der Waals surface area (Å²) in [7, 11) is 0. The minimum Gasteiger partial charge on any atom is -0.462 e. The van der Waals surface area contributed by atoms with Gasteiger partial charge in [-0.2, -0.15) is 0 Å². The molecule has 0 aliphatic heterocycles. The summed E-state index contributed by atoms with van der Waals surface area (Å²) in [5, 5.41) is 35.7. The number of carbonyl (C=O) groups excluding carboxylic acids is 3. The summed E-state index contributed by atoms with van der Waals surface area (Å²) >= 11 is 0. The molecule has 5 aliphatic carbocycles. The van der Waals surface area contributed by atoms with Crippen LogP contribution in [-0.4, -0.2) is 70.9 Å². The third-order valence-electron chi connectivity index (χ3n) is 15.0. The minimum atomic E-state index is -1.30. The number of ether oxygens (including phenoxy) is 3. The zero-order chi connectivity index (χ0) is 37.8. The highest BCUT2D eigenvalue weighted by atomic mass is 16.6. The highest BCUT2D eigenvalue weighted by Gasteiger charge is 2.73. The van der Waals surface area contributed by atoms with Crippen LogP contribution >= 0.6 is 0 Å². The molecule has 0 spiro atoms. The predicted molar refractivity (Wildman–Crippen MR) is 194 cm³/mol. The maximum atomic E-state index is 12.8. The first-order valence-corrected chi connectivity index (χ1v) is 19.0. The second kappa shape index (κ2) is 13.9. The van der Waals surface area contributed by atoms with E-state index in [0.29, 0.717) is 19.3 Å². The van der Waals surface area contributed by atoms with Gasteiger partial charge in [-0.25, -0.2) is 14.4 Å². The molecule has 0 amide bonds. The molecule has 4 fully saturated rings. The number of hydrogen-bond acceptors (Lipinski definition) is 9. The van der Waals surface area contributed by atoms with Crippen LogP contribution in [0.1, 0.15) is 107 Å². The molecule has 0 aromatic carbocycles. The fourth-order valence-electron chi connectivity index (χ4n) is 12.2. The molecule has 5 aliphatic rings. The summed E-state index contributed by atoms with van der Waals surface area (Å²) in [6.45, 7) is 18.3. The summed E-state index contributed by atoms with van der Waals surface area (Å²) in [6, 6.07) is 0. The Balaban J connectivity index is 1.57. The summed E-state index contributed by atoms with van der Waals surface area (Å²) in [5.74, 6) is -1.38. The molecule has 51 heavy (non-hydrogen) atoms. The van der Waals surface area contributed by atoms with Crippen LogP contribution in [0.2, 0.25) is 0 Å². The van der Waals surface area contributed by atoms with Crippen molar-refractivity contribution < 1.29 is 43.9 Å². The van der Waals surface area contributed by atoms with Gasteiger partial charge in [0.05, 0.1) is 23.7 Å². The lowest BCUT2D eigenvalue weighted by Gasteiger charge is -2.72. The summed E-state index contributed by atoms with van der Waals surface area (Å²) < 4.78 is 17.7. The van der Waals surface area contributed by atoms with Crippen LogP contribution in [0.5, 0.6) is 0 Å². The number of aliphatic hydroxyl groups excluding tert-OH is 3. The van der Waals surface area contributed by atoms with E-state index in [1.54, 1.807) is 39.0 Å². The van der Waals surface area contributed by atoms with Crippen molar-refractivity contribution in [3.8, 4) is 0 Å². The monoisotopic (exact) mass is 710 g/mol. The van der Waals surface area contributed by atoms with Crippen LogP contribution in [0.25, 0.3) is 0 Å². The van der Waals surface area contributed by atoms with Gasteiger partial charge in [-0.15, -0.1) is 0 Å². The van der Waals surface area contributed by atoms with Crippen LogP contribution < -0.4 is 0 Å². The standard InChI is InChI=1S/C42H62O9/c1-10-13-32(44)49-24-39(7)28-18-21-40(8)29(38(28,6)20-19-31(39)51-34(46)15-12-3)17-16-26-27-22-37(4,5)35(47)36(48)42(27,25-50-33(45)14-11-2)30(43)23-41(26,40)9/h10-16,27-31,35-36,43,47-48H,17-25H2,1-9H3/t27?,28?,29?,30-,31+,35+,36+,38+,39-,40-,41-,42+/m1/s1. The number of esters is 3. The number of rotatable bonds is 8. The van der Waals surface area contributed by atoms with Crippen molar-refractivity contribution in [1.29, 1.82) is 0 Å². The van der Waals surface area contributed by atoms with Gasteiger partial charge in [0.15, 0.2) is 0 Å². The Morgan fingerprint density at radius 2 is 1.35 bits per heavy atom. The van der Waals surface area contributed by atoms with Gasteiger partial charge in [-0.3, -0.25) is 0 Å². The zero-order valence-electron chi connectivity index (χ0n) is 32.2. The molecule has 4 saturated carbocycles. The lowest BCUT2D eigenvalue weighted by molar-refractivity contribution is -0.261. The third-order valence-corrected chi connectivity index (χ3v) is 15.0. The normalized spacial score (nSPS) is 44.5. The van der Waals surface area contributed by atoms with Gasteiger partial charge in [0, 0.05) is 23.6 Å². The Morgan fingerprint density at radius 3 is 1.96 bits per heavy atom. The van der Waals surface area contributed by atoms with E-state index in [4.69, 9.17) is 14.2 Å². The molecule has 284 valence electrons. The van der Waals surface area contributed by atoms with E-state index in [1.165, 1.54) is 23.8 Å². The molecule has 3 N–H and O–H groups in total. The average molecular weight is 711 g/mol. The second-order valence-electron chi connectivity index (χ2n) is 17.9. The first kappa shape index (κ1) is 39.5. The van der Waals surface area contributed by atoms with E-state index in [1.807, 2.05) is 13.8 Å². The fourth-order valence-corrected chi connectivity index (χ4v) is 12.2. The quantitative estimate of drug-likeness (QED) is 0.113. The Morgan fingerprint density at radius 1 is 0.765 bits per heavy atom. The van der Waals surface area contributed by atoms with E-state index in [2.05, 4.69) is 33.8 Å². The smallest absolute Gasteiger partial charge is 0.330 e. The highest BCUT2D eigenvalue weighted by Crippen LogP contribution is 2.76. The molecule has 9 heteroatoms. The Bertz CT molecular complexity index is 1490. The fraction of sp³-hybridized carbons (Fsp3) is 0.738. The van der Waals surface area contributed by atoms with E-state index >= 15 is 0 Å². The second-order valence-corrected chi connectivity index (χ2v) is 17.9. The van der Waals surface area contributed by atoms with E-state index < -0.39 is 64.0 Å². The molecule has 9 nitrogen and oxygen atoms in total. The van der Waals surface area contributed by atoms with Crippen molar-refractivity contribution in [2.24, 2.45) is 50.2 Å². The molecule has 0 heterocycles. The largest absolute Gasteiger partial charge is 0.462 e. The van der Waals surface area contributed by atoms with E-state index in [-0.39, 0.29) is 41.8 Å². The van der Waals surface area contributed by atoms with Gasteiger partial charge in [-0.05, 0) is 105 Å². The molecular formula is C42H62O9. The Labute approximate surface area is 304 Å². The van der Waals surface area contributed by atoms with Gasteiger partial charge in [0.1, 0.15) is 19.3 Å². The van der Waals surface area contributed by atoms with Crippen molar-refractivity contribution in [2.45, 2.75) is 132 Å². The SMILES string of the molecule is CC=CC(=O)OC[C@@]12C(CC(C)(C)[C@@H](O)[C@@H]1O)C1=CCC3[C@@]4(C)CC[C@H](OC(=O)C=CC)[C@](C)(COC(=O)C=CC)C4CC[C@@]3(C)[C@]1(C)C[C@H]2O. The Hall–Kier alpha value is -2.75.